The zero-order valence-electron chi connectivity index (χ0n) is 20.0. The molecule has 1 saturated carbocycles. The Morgan fingerprint density at radius 3 is 2.36 bits per heavy atom. The molecular weight excluding hydrogens is 436 g/mol. The summed E-state index contributed by atoms with van der Waals surface area (Å²) in [5.41, 5.74) is 3.02. The van der Waals surface area contributed by atoms with Crippen LogP contribution in [-0.4, -0.2) is 74.9 Å². The zero-order valence-corrected chi connectivity index (χ0v) is 20.8. The zero-order chi connectivity index (χ0) is 23.5. The summed E-state index contributed by atoms with van der Waals surface area (Å²) in [6.07, 6.45) is 2.33. The van der Waals surface area contributed by atoms with Crippen LogP contribution < -0.4 is 5.32 Å². The van der Waals surface area contributed by atoms with E-state index in [-0.39, 0.29) is 11.8 Å². The highest BCUT2D eigenvalue weighted by Gasteiger charge is 2.31. The second-order valence-electron chi connectivity index (χ2n) is 9.36. The monoisotopic (exact) mass is 470 g/mol. The molecule has 1 aromatic carbocycles. The molecule has 0 unspecified atom stereocenters. The Bertz CT molecular complexity index is 988. The van der Waals surface area contributed by atoms with Crippen LogP contribution in [-0.2, 0) is 9.59 Å². The van der Waals surface area contributed by atoms with Gasteiger partial charge in [-0.25, -0.2) is 0 Å². The van der Waals surface area contributed by atoms with Crippen LogP contribution in [0.2, 0.25) is 0 Å². The van der Waals surface area contributed by atoms with Crippen molar-refractivity contribution in [3.63, 3.8) is 0 Å². The van der Waals surface area contributed by atoms with Gasteiger partial charge >= 0.3 is 0 Å². The Kier molecular flexibility index (Phi) is 7.38. The predicted molar refractivity (Wildman–Crippen MR) is 131 cm³/mol. The average molecular weight is 471 g/mol. The molecule has 1 aliphatic heterocycles. The number of rotatable bonds is 8. The van der Waals surface area contributed by atoms with Gasteiger partial charge in [0.1, 0.15) is 5.82 Å². The summed E-state index contributed by atoms with van der Waals surface area (Å²) in [5.74, 6) is 1.82. The number of hydrogen-bond donors (Lipinski definition) is 1. The van der Waals surface area contributed by atoms with Crippen molar-refractivity contribution < 1.29 is 9.59 Å². The van der Waals surface area contributed by atoms with Crippen molar-refractivity contribution in [2.45, 2.75) is 57.7 Å². The van der Waals surface area contributed by atoms with Crippen molar-refractivity contribution in [1.29, 1.82) is 0 Å². The Balaban J connectivity index is 1.24. The molecule has 2 aromatic rings. The molecule has 0 radical (unpaired) electrons. The molecule has 1 aromatic heterocycles. The first-order chi connectivity index (χ1) is 15.8. The highest BCUT2D eigenvalue weighted by Crippen LogP contribution is 2.40. The highest BCUT2D eigenvalue weighted by molar-refractivity contribution is 7.99. The van der Waals surface area contributed by atoms with E-state index in [9.17, 15) is 9.59 Å². The second kappa shape index (κ2) is 10.3. The lowest BCUT2D eigenvalue weighted by Gasteiger charge is -2.34. The molecule has 1 aliphatic carbocycles. The lowest BCUT2D eigenvalue weighted by Crippen LogP contribution is -2.51. The van der Waals surface area contributed by atoms with Gasteiger partial charge in [0.15, 0.2) is 5.16 Å². The second-order valence-corrected chi connectivity index (χ2v) is 10.3. The van der Waals surface area contributed by atoms with Crippen molar-refractivity contribution in [1.82, 2.24) is 24.6 Å². The molecule has 8 nitrogen and oxygen atoms in total. The number of carbonyl (C=O) groups is 2. The molecule has 1 N–H and O–H groups in total. The van der Waals surface area contributed by atoms with Gasteiger partial charge in [0.2, 0.25) is 11.8 Å². The Labute approximate surface area is 200 Å². The van der Waals surface area contributed by atoms with Gasteiger partial charge in [0.25, 0.3) is 0 Å². The molecule has 33 heavy (non-hydrogen) atoms. The maximum absolute atomic E-state index is 12.8. The molecule has 0 atom stereocenters. The predicted octanol–water partition coefficient (Wildman–Crippen LogP) is 3.23. The summed E-state index contributed by atoms with van der Waals surface area (Å²) in [5, 5.41) is 12.6. The number of anilines is 1. The van der Waals surface area contributed by atoms with E-state index in [0.717, 1.165) is 40.6 Å². The van der Waals surface area contributed by atoms with E-state index >= 15 is 0 Å². The maximum atomic E-state index is 12.8. The normalized spacial score (nSPS) is 16.9. The van der Waals surface area contributed by atoms with Crippen molar-refractivity contribution in [3.8, 4) is 0 Å². The van der Waals surface area contributed by atoms with E-state index in [1.807, 2.05) is 36.9 Å². The number of aromatic nitrogens is 3. The average Bonchev–Trinajstić information content (AvgIpc) is 3.53. The van der Waals surface area contributed by atoms with Crippen LogP contribution >= 0.6 is 11.8 Å². The first-order valence-corrected chi connectivity index (χ1v) is 12.8. The number of aryl methyl sites for hydroxylation is 2. The number of para-hydroxylation sites is 1. The summed E-state index contributed by atoms with van der Waals surface area (Å²) >= 11 is 1.49. The minimum atomic E-state index is -0.0110. The van der Waals surface area contributed by atoms with E-state index in [2.05, 4.69) is 38.8 Å². The quantitative estimate of drug-likeness (QED) is 0.597. The van der Waals surface area contributed by atoms with E-state index in [1.54, 1.807) is 0 Å². The van der Waals surface area contributed by atoms with E-state index in [4.69, 9.17) is 0 Å². The first kappa shape index (κ1) is 23.8. The van der Waals surface area contributed by atoms with Gasteiger partial charge in [-0.05, 0) is 37.8 Å². The summed E-state index contributed by atoms with van der Waals surface area (Å²) in [4.78, 5) is 29.4. The van der Waals surface area contributed by atoms with Gasteiger partial charge in [0.05, 0.1) is 12.3 Å². The van der Waals surface area contributed by atoms with Crippen LogP contribution in [0.1, 0.15) is 55.6 Å². The van der Waals surface area contributed by atoms with E-state index in [0.29, 0.717) is 50.4 Å². The molecule has 178 valence electrons. The first-order valence-electron chi connectivity index (χ1n) is 11.8. The van der Waals surface area contributed by atoms with Crippen molar-refractivity contribution in [2.24, 2.45) is 0 Å². The van der Waals surface area contributed by atoms with E-state index < -0.39 is 0 Å². The van der Waals surface area contributed by atoms with Gasteiger partial charge in [-0.15, -0.1) is 10.2 Å². The fraction of sp³-hybridized carbons (Fsp3) is 0.583. The maximum Gasteiger partial charge on any atom is 0.238 e. The highest BCUT2D eigenvalue weighted by atomic mass is 32.2. The molecule has 0 spiro atoms. The fourth-order valence-corrected chi connectivity index (χ4v) is 5.14. The summed E-state index contributed by atoms with van der Waals surface area (Å²) in [6, 6.07) is 6.49. The summed E-state index contributed by atoms with van der Waals surface area (Å²) < 4.78 is 2.23. The number of nitrogens with one attached hydrogen (secondary N) is 1. The lowest BCUT2D eigenvalue weighted by atomic mass is 10.1. The van der Waals surface area contributed by atoms with Gasteiger partial charge in [-0.2, -0.15) is 0 Å². The molecule has 2 aliphatic rings. The summed E-state index contributed by atoms with van der Waals surface area (Å²) in [6.45, 7) is 11.3. The van der Waals surface area contributed by atoms with Gasteiger partial charge in [-0.3, -0.25) is 14.5 Å². The van der Waals surface area contributed by atoms with Gasteiger partial charge in [0, 0.05) is 43.8 Å². The van der Waals surface area contributed by atoms with Crippen molar-refractivity contribution in [3.05, 3.63) is 35.2 Å². The van der Waals surface area contributed by atoms with Crippen LogP contribution in [0.15, 0.2) is 23.4 Å². The number of nitrogens with zero attached hydrogens (tertiary/aromatic N) is 5. The number of piperazine rings is 1. The van der Waals surface area contributed by atoms with Gasteiger partial charge < -0.3 is 14.8 Å². The fourth-order valence-electron chi connectivity index (χ4n) is 4.22. The largest absolute Gasteiger partial charge is 0.339 e. The van der Waals surface area contributed by atoms with E-state index in [1.165, 1.54) is 11.8 Å². The molecular formula is C24H34N6O2S. The topological polar surface area (TPSA) is 83.4 Å². The molecule has 1 saturated heterocycles. The standard InChI is InChI=1S/C24H34N6O2S/c1-16(2)23-26-27-24(30(23)19-8-9-19)33-15-21(32)29-12-10-28(11-13-29)14-20(31)25-22-17(3)6-5-7-18(22)4/h5-7,16,19H,8-15H2,1-4H3,(H,25,31). The number of benzene rings is 1. The third-order valence-corrected chi connectivity index (χ3v) is 7.21. The van der Waals surface area contributed by atoms with Crippen LogP contribution in [0.4, 0.5) is 5.69 Å². The Morgan fingerprint density at radius 1 is 1.09 bits per heavy atom. The molecule has 9 heteroatoms. The molecule has 2 fully saturated rings. The molecule has 4 rings (SSSR count). The van der Waals surface area contributed by atoms with Crippen LogP contribution in [0.25, 0.3) is 0 Å². The number of hydrogen-bond acceptors (Lipinski definition) is 6. The minimum Gasteiger partial charge on any atom is -0.339 e. The molecule has 2 heterocycles. The Morgan fingerprint density at radius 2 is 1.76 bits per heavy atom. The number of carbonyl (C=O) groups excluding carboxylic acids is 2. The molecule has 0 bridgehead atoms. The Hall–Kier alpha value is -2.39. The number of amides is 2. The van der Waals surface area contributed by atoms with Crippen LogP contribution in [0, 0.1) is 13.8 Å². The van der Waals surface area contributed by atoms with Crippen LogP contribution in [0.5, 0.6) is 0 Å². The minimum absolute atomic E-state index is 0.0110. The summed E-state index contributed by atoms with van der Waals surface area (Å²) in [7, 11) is 0. The van der Waals surface area contributed by atoms with Gasteiger partial charge in [-0.1, -0.05) is 43.8 Å². The third-order valence-electron chi connectivity index (χ3n) is 6.28. The smallest absolute Gasteiger partial charge is 0.238 e. The van der Waals surface area contributed by atoms with Crippen molar-refractivity contribution in [2.75, 3.05) is 43.8 Å². The SMILES string of the molecule is Cc1cccc(C)c1NC(=O)CN1CCN(C(=O)CSc2nnc(C(C)C)n2C2CC2)CC1. The lowest BCUT2D eigenvalue weighted by molar-refractivity contribution is -0.130. The third kappa shape index (κ3) is 5.76. The number of thioether (sulfide) groups is 1. The van der Waals surface area contributed by atoms with Crippen molar-refractivity contribution >= 4 is 29.3 Å². The van der Waals surface area contributed by atoms with Crippen LogP contribution in [0.3, 0.4) is 0 Å². The molecule has 2 amide bonds.